The number of Topliss-reactive ketones (excluding diaryl/α,β-unsaturated/α-hetero) is 1. The Morgan fingerprint density at radius 1 is 1.64 bits per heavy atom. The Hall–Kier alpha value is -0.460. The summed E-state index contributed by atoms with van der Waals surface area (Å²) in [6, 6.07) is -1.10. The zero-order chi connectivity index (χ0) is 9.07. The highest BCUT2D eigenvalue weighted by molar-refractivity contribution is 7.85. The number of carbonyl (C=O) groups excluding carboxylic acids is 1. The maximum atomic E-state index is 10.7. The van der Waals surface area contributed by atoms with E-state index in [1.54, 1.807) is 6.92 Å². The molecule has 0 heterocycles. The van der Waals surface area contributed by atoms with E-state index in [1.165, 1.54) is 0 Å². The van der Waals surface area contributed by atoms with Crippen molar-refractivity contribution in [2.75, 3.05) is 5.75 Å². The molecule has 0 bridgehead atoms. The number of hydrogen-bond donors (Lipinski definition) is 2. The van der Waals surface area contributed by atoms with Crippen molar-refractivity contribution in [2.24, 2.45) is 5.73 Å². The SMILES string of the molecule is CCC(=O)C(N)CS(=O)(=O)O. The Labute approximate surface area is 65.3 Å². The summed E-state index contributed by atoms with van der Waals surface area (Å²) < 4.78 is 28.6. The average molecular weight is 181 g/mol. The van der Waals surface area contributed by atoms with Crippen LogP contribution in [-0.4, -0.2) is 30.5 Å². The standard InChI is InChI=1S/C5H11NO4S/c1-2-5(7)4(6)3-11(8,9)10/h4H,2-3,6H2,1H3,(H,8,9,10). The lowest BCUT2D eigenvalue weighted by Gasteiger charge is -2.05. The molecule has 0 aromatic rings. The maximum absolute atomic E-state index is 10.7. The molecule has 5 nitrogen and oxygen atoms in total. The van der Waals surface area contributed by atoms with Gasteiger partial charge in [0.05, 0.1) is 11.8 Å². The van der Waals surface area contributed by atoms with Crippen LogP contribution in [0.1, 0.15) is 13.3 Å². The van der Waals surface area contributed by atoms with Crippen LogP contribution in [0.3, 0.4) is 0 Å². The first-order valence-corrected chi connectivity index (χ1v) is 4.71. The Kier molecular flexibility index (Phi) is 3.64. The van der Waals surface area contributed by atoms with E-state index in [9.17, 15) is 13.2 Å². The molecule has 0 aliphatic carbocycles. The van der Waals surface area contributed by atoms with Crippen molar-refractivity contribution in [3.8, 4) is 0 Å². The molecule has 0 spiro atoms. The first-order valence-electron chi connectivity index (χ1n) is 3.10. The number of ketones is 1. The van der Waals surface area contributed by atoms with Crippen molar-refractivity contribution < 1.29 is 17.8 Å². The molecule has 6 heteroatoms. The van der Waals surface area contributed by atoms with E-state index in [4.69, 9.17) is 10.3 Å². The fraction of sp³-hybridized carbons (Fsp3) is 0.800. The molecule has 1 unspecified atom stereocenters. The maximum Gasteiger partial charge on any atom is 0.266 e. The van der Waals surface area contributed by atoms with Crippen LogP contribution in [0.15, 0.2) is 0 Å². The summed E-state index contributed by atoms with van der Waals surface area (Å²) in [4.78, 5) is 10.7. The zero-order valence-corrected chi connectivity index (χ0v) is 6.97. The number of carbonyl (C=O) groups is 1. The second-order valence-electron chi connectivity index (χ2n) is 2.17. The molecule has 0 amide bonds. The fourth-order valence-electron chi connectivity index (χ4n) is 0.582. The summed E-state index contributed by atoms with van der Waals surface area (Å²) in [5, 5.41) is 0. The van der Waals surface area contributed by atoms with Gasteiger partial charge in [-0.1, -0.05) is 6.92 Å². The minimum atomic E-state index is -4.12. The molecule has 0 aromatic heterocycles. The Morgan fingerprint density at radius 3 is 2.36 bits per heavy atom. The van der Waals surface area contributed by atoms with Crippen LogP contribution in [0.2, 0.25) is 0 Å². The van der Waals surface area contributed by atoms with Crippen LogP contribution in [0.4, 0.5) is 0 Å². The first-order chi connectivity index (χ1) is 4.87. The van der Waals surface area contributed by atoms with Gasteiger partial charge in [0.15, 0.2) is 0 Å². The Bertz CT molecular complexity index is 233. The number of hydrogen-bond acceptors (Lipinski definition) is 4. The third kappa shape index (κ3) is 4.88. The van der Waals surface area contributed by atoms with E-state index in [0.717, 1.165) is 0 Å². The molecular weight excluding hydrogens is 170 g/mol. The molecule has 0 radical (unpaired) electrons. The van der Waals surface area contributed by atoms with Gasteiger partial charge < -0.3 is 5.73 Å². The van der Waals surface area contributed by atoms with E-state index in [2.05, 4.69) is 0 Å². The summed E-state index contributed by atoms with van der Waals surface area (Å²) in [6.45, 7) is 1.58. The zero-order valence-electron chi connectivity index (χ0n) is 6.15. The van der Waals surface area contributed by atoms with E-state index in [-0.39, 0.29) is 12.2 Å². The summed E-state index contributed by atoms with van der Waals surface area (Å²) in [7, 11) is -4.12. The predicted molar refractivity (Wildman–Crippen MR) is 39.7 cm³/mol. The monoisotopic (exact) mass is 181 g/mol. The number of nitrogens with two attached hydrogens (primary N) is 1. The fourth-order valence-corrected chi connectivity index (χ4v) is 1.22. The topological polar surface area (TPSA) is 97.5 Å². The predicted octanol–water partition coefficient (Wildman–Crippen LogP) is -0.819. The highest BCUT2D eigenvalue weighted by Crippen LogP contribution is 1.92. The second kappa shape index (κ2) is 3.80. The molecule has 0 aliphatic heterocycles. The molecule has 0 aromatic carbocycles. The normalized spacial score (nSPS) is 14.5. The molecule has 3 N–H and O–H groups in total. The largest absolute Gasteiger partial charge is 0.321 e. The van der Waals surface area contributed by atoms with Crippen LogP contribution in [0.5, 0.6) is 0 Å². The van der Waals surface area contributed by atoms with E-state index < -0.39 is 21.9 Å². The van der Waals surface area contributed by atoms with Gasteiger partial charge in [-0.05, 0) is 0 Å². The van der Waals surface area contributed by atoms with Gasteiger partial charge in [0.1, 0.15) is 5.78 Å². The van der Waals surface area contributed by atoms with Crippen molar-refractivity contribution in [1.82, 2.24) is 0 Å². The van der Waals surface area contributed by atoms with Crippen LogP contribution >= 0.6 is 0 Å². The highest BCUT2D eigenvalue weighted by Gasteiger charge is 2.17. The molecule has 1 atom stereocenters. The smallest absolute Gasteiger partial charge is 0.266 e. The summed E-state index contributed by atoms with van der Waals surface area (Å²) in [5.74, 6) is -1.07. The van der Waals surface area contributed by atoms with Crippen LogP contribution in [0.25, 0.3) is 0 Å². The van der Waals surface area contributed by atoms with Gasteiger partial charge in [0, 0.05) is 6.42 Å². The van der Waals surface area contributed by atoms with Gasteiger partial charge in [0.2, 0.25) is 0 Å². The lowest BCUT2D eigenvalue weighted by atomic mass is 10.2. The van der Waals surface area contributed by atoms with Gasteiger partial charge in [0.25, 0.3) is 10.1 Å². The minimum Gasteiger partial charge on any atom is -0.321 e. The lowest BCUT2D eigenvalue weighted by Crippen LogP contribution is -2.36. The van der Waals surface area contributed by atoms with Crippen molar-refractivity contribution in [3.63, 3.8) is 0 Å². The molecule has 11 heavy (non-hydrogen) atoms. The van der Waals surface area contributed by atoms with Gasteiger partial charge in [-0.2, -0.15) is 8.42 Å². The summed E-state index contributed by atoms with van der Waals surface area (Å²) >= 11 is 0. The molecular formula is C5H11NO4S. The van der Waals surface area contributed by atoms with Gasteiger partial charge in [-0.15, -0.1) is 0 Å². The summed E-state index contributed by atoms with van der Waals surface area (Å²) in [6.07, 6.45) is 0.177. The van der Waals surface area contributed by atoms with Crippen molar-refractivity contribution in [1.29, 1.82) is 0 Å². The van der Waals surface area contributed by atoms with E-state index in [0.29, 0.717) is 0 Å². The van der Waals surface area contributed by atoms with Gasteiger partial charge >= 0.3 is 0 Å². The van der Waals surface area contributed by atoms with Crippen LogP contribution < -0.4 is 5.73 Å². The van der Waals surface area contributed by atoms with Crippen molar-refractivity contribution >= 4 is 15.9 Å². The van der Waals surface area contributed by atoms with E-state index >= 15 is 0 Å². The molecule has 66 valence electrons. The molecule has 0 saturated heterocycles. The van der Waals surface area contributed by atoms with Crippen LogP contribution in [0, 0.1) is 0 Å². The average Bonchev–Trinajstić information content (AvgIpc) is 1.82. The number of rotatable bonds is 4. The molecule has 0 saturated carbocycles. The lowest BCUT2D eigenvalue weighted by molar-refractivity contribution is -0.119. The minimum absolute atomic E-state index is 0.177. The highest BCUT2D eigenvalue weighted by atomic mass is 32.2. The molecule has 0 rings (SSSR count). The third-order valence-electron chi connectivity index (χ3n) is 1.15. The van der Waals surface area contributed by atoms with E-state index in [1.807, 2.05) is 0 Å². The first kappa shape index (κ1) is 10.5. The molecule has 0 aliphatic rings. The Balaban J connectivity index is 4.09. The quantitative estimate of drug-likeness (QED) is 0.552. The molecule has 0 fully saturated rings. The summed E-state index contributed by atoms with van der Waals surface area (Å²) in [5.41, 5.74) is 5.13. The third-order valence-corrected chi connectivity index (χ3v) is 1.93. The van der Waals surface area contributed by atoms with Gasteiger partial charge in [-0.25, -0.2) is 0 Å². The Morgan fingerprint density at radius 2 is 2.09 bits per heavy atom. The van der Waals surface area contributed by atoms with Crippen molar-refractivity contribution in [3.05, 3.63) is 0 Å². The van der Waals surface area contributed by atoms with Crippen molar-refractivity contribution in [2.45, 2.75) is 19.4 Å². The second-order valence-corrected chi connectivity index (χ2v) is 3.67. The van der Waals surface area contributed by atoms with Gasteiger partial charge in [-0.3, -0.25) is 9.35 Å². The van der Waals surface area contributed by atoms with Crippen LogP contribution in [-0.2, 0) is 14.9 Å².